The Morgan fingerprint density at radius 3 is 2.48 bits per heavy atom. The molecule has 1 fully saturated rings. The molecule has 0 bridgehead atoms. The first-order valence-electron chi connectivity index (χ1n) is 8.91. The second kappa shape index (κ2) is 7.94. The summed E-state index contributed by atoms with van der Waals surface area (Å²) in [6, 6.07) is 12.1. The number of nitriles is 2. The van der Waals surface area contributed by atoms with Crippen molar-refractivity contribution in [3.05, 3.63) is 59.6 Å². The molecule has 2 aromatic heterocycles. The molecule has 152 valence electrons. The lowest BCUT2D eigenvalue weighted by atomic mass is 10.0. The molecule has 1 aliphatic rings. The van der Waals surface area contributed by atoms with Gasteiger partial charge in [0.15, 0.2) is 0 Å². The number of imide groups is 1. The highest BCUT2D eigenvalue weighted by molar-refractivity contribution is 8.00. The normalized spacial score (nSPS) is 15.7. The quantitative estimate of drug-likeness (QED) is 0.619. The zero-order valence-corrected chi connectivity index (χ0v) is 16.5. The molecule has 31 heavy (non-hydrogen) atoms. The van der Waals surface area contributed by atoms with Crippen LogP contribution in [0.25, 0.3) is 11.3 Å². The van der Waals surface area contributed by atoms with Gasteiger partial charge < -0.3 is 10.2 Å². The fourth-order valence-corrected chi connectivity index (χ4v) is 4.36. The van der Waals surface area contributed by atoms with Crippen LogP contribution >= 0.6 is 11.8 Å². The summed E-state index contributed by atoms with van der Waals surface area (Å²) >= 11 is 0.910. The number of hydrogen-bond donors (Lipinski definition) is 1. The van der Waals surface area contributed by atoms with E-state index in [4.69, 9.17) is 10.2 Å². The first-order valence-corrected chi connectivity index (χ1v) is 9.79. The highest BCUT2D eigenvalue weighted by Gasteiger charge is 2.41. The Labute approximate surface area is 179 Å². The second-order valence-electron chi connectivity index (χ2n) is 6.48. The highest BCUT2D eigenvalue weighted by Crippen LogP contribution is 2.40. The molecule has 1 unspecified atom stereocenters. The first kappa shape index (κ1) is 20.1. The van der Waals surface area contributed by atoms with Gasteiger partial charge in [-0.3, -0.25) is 9.59 Å². The van der Waals surface area contributed by atoms with Gasteiger partial charge in [-0.05, 0) is 36.4 Å². The maximum Gasteiger partial charge on any atom is 0.247 e. The second-order valence-corrected chi connectivity index (χ2v) is 7.67. The van der Waals surface area contributed by atoms with Crippen LogP contribution in [0.15, 0.2) is 52.1 Å². The van der Waals surface area contributed by atoms with E-state index < -0.39 is 22.9 Å². The smallest absolute Gasteiger partial charge is 0.247 e. The van der Waals surface area contributed by atoms with Gasteiger partial charge in [0.1, 0.15) is 40.1 Å². The number of thioether (sulfide) groups is 1. The number of nitrogens with two attached hydrogens (primary N) is 1. The van der Waals surface area contributed by atoms with Crippen molar-refractivity contribution < 1.29 is 18.4 Å². The lowest BCUT2D eigenvalue weighted by molar-refractivity contribution is -0.121. The van der Waals surface area contributed by atoms with Crippen LogP contribution in [0.2, 0.25) is 0 Å². The number of benzene rings is 1. The zero-order chi connectivity index (χ0) is 22.1. The van der Waals surface area contributed by atoms with Gasteiger partial charge in [-0.1, -0.05) is 11.8 Å². The van der Waals surface area contributed by atoms with E-state index in [1.54, 1.807) is 12.1 Å². The third-order valence-corrected chi connectivity index (χ3v) is 5.80. The first-order chi connectivity index (χ1) is 14.9. The molecule has 4 rings (SSSR count). The molecule has 10 heteroatoms. The number of carbonyl (C=O) groups is 2. The Balaban J connectivity index is 1.73. The average Bonchev–Trinajstić information content (AvgIpc) is 3.37. The number of nitrogen functional groups attached to an aromatic ring is 1. The van der Waals surface area contributed by atoms with E-state index >= 15 is 0 Å². The Morgan fingerprint density at radius 2 is 1.87 bits per heavy atom. The molecule has 1 aliphatic heterocycles. The Morgan fingerprint density at radius 1 is 1.16 bits per heavy atom. The third-order valence-electron chi connectivity index (χ3n) is 4.63. The van der Waals surface area contributed by atoms with Crippen LogP contribution in [-0.2, 0) is 9.59 Å². The molecule has 3 aromatic rings. The van der Waals surface area contributed by atoms with E-state index in [2.05, 4.69) is 4.98 Å². The van der Waals surface area contributed by atoms with Crippen molar-refractivity contribution in [3.63, 3.8) is 0 Å². The van der Waals surface area contributed by atoms with Crippen molar-refractivity contribution in [2.45, 2.75) is 16.7 Å². The fraction of sp³-hybridized carbons (Fsp3) is 0.0952. The summed E-state index contributed by atoms with van der Waals surface area (Å²) in [4.78, 5) is 30.5. The number of nitrogens with zero attached hydrogens (tertiary/aromatic N) is 4. The molecular weight excluding hydrogens is 421 g/mol. The molecule has 8 nitrogen and oxygen atoms in total. The lowest BCUT2D eigenvalue weighted by Crippen LogP contribution is -2.31. The summed E-state index contributed by atoms with van der Waals surface area (Å²) in [5, 5.41) is 18.5. The minimum atomic E-state index is -0.867. The van der Waals surface area contributed by atoms with Crippen molar-refractivity contribution in [2.75, 3.05) is 10.6 Å². The monoisotopic (exact) mass is 433 g/mol. The van der Waals surface area contributed by atoms with Gasteiger partial charge in [0.25, 0.3) is 0 Å². The number of rotatable bonds is 4. The topological polar surface area (TPSA) is 137 Å². The summed E-state index contributed by atoms with van der Waals surface area (Å²) in [7, 11) is 0. The van der Waals surface area contributed by atoms with Gasteiger partial charge in [-0.15, -0.1) is 0 Å². The number of furan rings is 1. The number of anilines is 2. The van der Waals surface area contributed by atoms with Crippen LogP contribution in [0, 0.1) is 28.5 Å². The molecule has 0 aliphatic carbocycles. The van der Waals surface area contributed by atoms with Crippen molar-refractivity contribution in [3.8, 4) is 23.5 Å². The summed E-state index contributed by atoms with van der Waals surface area (Å²) in [5.74, 6) is -1.33. The third kappa shape index (κ3) is 3.50. The van der Waals surface area contributed by atoms with Gasteiger partial charge in [0.2, 0.25) is 11.8 Å². The van der Waals surface area contributed by atoms with Gasteiger partial charge in [0.05, 0.1) is 28.3 Å². The number of pyridine rings is 1. The number of hydrogen-bond acceptors (Lipinski definition) is 8. The molecule has 1 saturated heterocycles. The van der Waals surface area contributed by atoms with Gasteiger partial charge in [0, 0.05) is 6.42 Å². The lowest BCUT2D eigenvalue weighted by Gasteiger charge is -2.15. The van der Waals surface area contributed by atoms with Crippen molar-refractivity contribution in [1.82, 2.24) is 4.98 Å². The van der Waals surface area contributed by atoms with Crippen LogP contribution in [-0.4, -0.2) is 22.0 Å². The fourth-order valence-electron chi connectivity index (χ4n) is 3.24. The Bertz CT molecular complexity index is 1280. The summed E-state index contributed by atoms with van der Waals surface area (Å²) in [5.41, 5.74) is 6.37. The largest absolute Gasteiger partial charge is 0.464 e. The maximum absolute atomic E-state index is 13.2. The van der Waals surface area contributed by atoms with Crippen molar-refractivity contribution in [2.24, 2.45) is 0 Å². The van der Waals surface area contributed by atoms with E-state index in [-0.39, 0.29) is 45.4 Å². The zero-order valence-electron chi connectivity index (χ0n) is 15.7. The summed E-state index contributed by atoms with van der Waals surface area (Å²) < 4.78 is 18.5. The Hall–Kier alpha value is -4.15. The van der Waals surface area contributed by atoms with E-state index in [9.17, 15) is 24.5 Å². The van der Waals surface area contributed by atoms with Crippen LogP contribution in [0.5, 0.6) is 0 Å². The minimum Gasteiger partial charge on any atom is -0.464 e. The van der Waals surface area contributed by atoms with Gasteiger partial charge in [-0.25, -0.2) is 14.3 Å². The molecule has 0 spiro atoms. The number of aromatic nitrogens is 1. The summed E-state index contributed by atoms with van der Waals surface area (Å²) in [6.45, 7) is 0. The van der Waals surface area contributed by atoms with Crippen LogP contribution in [0.3, 0.4) is 0 Å². The highest BCUT2D eigenvalue weighted by atomic mass is 32.2. The standard InChI is InChI=1S/C21H12FN5O3S/c22-11-3-5-12(6-4-11)27-17(28)8-16(21(27)29)31-20-14(10-24)18(15-2-1-7-30-15)13(9-23)19(25)26-20/h1-7,16H,8H2,(H2,25,26). The molecule has 3 heterocycles. The van der Waals surface area contributed by atoms with E-state index in [0.29, 0.717) is 0 Å². The van der Waals surface area contributed by atoms with E-state index in [1.165, 1.54) is 18.4 Å². The van der Waals surface area contributed by atoms with Crippen molar-refractivity contribution >= 4 is 35.1 Å². The predicted octanol–water partition coefficient (Wildman–Crippen LogP) is 3.23. The molecule has 0 saturated carbocycles. The van der Waals surface area contributed by atoms with E-state index in [1.807, 2.05) is 12.1 Å². The predicted molar refractivity (Wildman–Crippen MR) is 109 cm³/mol. The molecule has 1 atom stereocenters. The average molecular weight is 433 g/mol. The van der Waals surface area contributed by atoms with Gasteiger partial charge in [-0.2, -0.15) is 10.5 Å². The van der Waals surface area contributed by atoms with Crippen LogP contribution < -0.4 is 10.6 Å². The molecule has 1 aromatic carbocycles. The Kier molecular flexibility index (Phi) is 5.15. The molecule has 2 N–H and O–H groups in total. The molecular formula is C21H12FN5O3S. The maximum atomic E-state index is 13.2. The number of amides is 2. The SMILES string of the molecule is N#Cc1c(N)nc(SC2CC(=O)N(c3ccc(F)cc3)C2=O)c(C#N)c1-c1ccco1. The van der Waals surface area contributed by atoms with Crippen LogP contribution in [0.4, 0.5) is 15.9 Å². The number of halogens is 1. The van der Waals surface area contributed by atoms with E-state index in [0.717, 1.165) is 28.8 Å². The number of carbonyl (C=O) groups excluding carboxylic acids is 2. The molecule has 0 radical (unpaired) electrons. The van der Waals surface area contributed by atoms with Crippen molar-refractivity contribution in [1.29, 1.82) is 10.5 Å². The minimum absolute atomic E-state index is 0.0161. The van der Waals surface area contributed by atoms with Gasteiger partial charge >= 0.3 is 0 Å². The molecule has 2 amide bonds. The van der Waals surface area contributed by atoms with Crippen LogP contribution in [0.1, 0.15) is 17.5 Å². The summed E-state index contributed by atoms with van der Waals surface area (Å²) in [6.07, 6.45) is 1.25.